The Morgan fingerprint density at radius 2 is 1.55 bits per heavy atom. The van der Waals surface area contributed by atoms with E-state index in [0.29, 0.717) is 10.6 Å². The molecular formula is C17H8Cl2O. The van der Waals surface area contributed by atoms with Crippen LogP contribution in [0.25, 0.3) is 22.4 Å². The standard InChI is InChI=1S/C17H8Cl2O/c18-15-11-7-3-1-5-9(11)10-6-2-4-8-12-13(10)14(15)17(20)16(12)19/h1-8H. The van der Waals surface area contributed by atoms with E-state index in [1.165, 1.54) is 0 Å². The summed E-state index contributed by atoms with van der Waals surface area (Å²) in [5, 5.41) is 2.65. The molecule has 0 aromatic heterocycles. The molecule has 0 spiro atoms. The van der Waals surface area contributed by atoms with Gasteiger partial charge < -0.3 is 0 Å². The molecule has 2 aromatic rings. The lowest BCUT2D eigenvalue weighted by atomic mass is 9.93. The second-order valence-electron chi connectivity index (χ2n) is 4.80. The van der Waals surface area contributed by atoms with E-state index in [1.54, 1.807) is 0 Å². The highest BCUT2D eigenvalue weighted by molar-refractivity contribution is 6.54. The Morgan fingerprint density at radius 1 is 0.850 bits per heavy atom. The zero-order valence-electron chi connectivity index (χ0n) is 10.3. The van der Waals surface area contributed by atoms with Crippen LogP contribution in [0.1, 0.15) is 21.5 Å². The number of fused-ring (bicyclic) bond motifs is 2. The molecule has 0 aliphatic heterocycles. The van der Waals surface area contributed by atoms with Gasteiger partial charge in [0.2, 0.25) is 5.78 Å². The van der Waals surface area contributed by atoms with E-state index in [0.717, 1.165) is 27.5 Å². The lowest BCUT2D eigenvalue weighted by molar-refractivity contribution is 0.104. The molecule has 0 heterocycles. The second-order valence-corrected chi connectivity index (χ2v) is 5.55. The molecule has 0 amide bonds. The third-order valence-corrected chi connectivity index (χ3v) is 4.53. The van der Waals surface area contributed by atoms with E-state index in [-0.39, 0.29) is 10.8 Å². The largest absolute Gasteiger partial charge is 0.288 e. The fraction of sp³-hybridized carbons (Fsp3) is 0. The van der Waals surface area contributed by atoms with Gasteiger partial charge in [-0.2, -0.15) is 0 Å². The predicted octanol–water partition coefficient (Wildman–Crippen LogP) is 5.22. The minimum atomic E-state index is -0.186. The number of hydrogen-bond donors (Lipinski definition) is 0. The van der Waals surface area contributed by atoms with Crippen LogP contribution < -0.4 is 0 Å². The summed E-state index contributed by atoms with van der Waals surface area (Å²) in [6.45, 7) is 0. The van der Waals surface area contributed by atoms with Crippen LogP contribution in [0.2, 0.25) is 5.02 Å². The number of hydrogen-bond acceptors (Lipinski definition) is 1. The fourth-order valence-electron chi connectivity index (χ4n) is 2.89. The minimum Gasteiger partial charge on any atom is -0.288 e. The summed E-state index contributed by atoms with van der Waals surface area (Å²) in [4.78, 5) is 12.4. The van der Waals surface area contributed by atoms with Crippen molar-refractivity contribution in [3.05, 3.63) is 69.2 Å². The average molecular weight is 299 g/mol. The highest BCUT2D eigenvalue weighted by Gasteiger charge is 2.33. The van der Waals surface area contributed by atoms with Crippen LogP contribution in [0.4, 0.5) is 0 Å². The molecule has 3 heteroatoms. The Morgan fingerprint density at radius 3 is 2.35 bits per heavy atom. The van der Waals surface area contributed by atoms with Crippen molar-refractivity contribution in [3.63, 3.8) is 0 Å². The lowest BCUT2D eigenvalue weighted by Crippen LogP contribution is -1.99. The third-order valence-electron chi connectivity index (χ3n) is 3.76. The second kappa shape index (κ2) is 4.08. The van der Waals surface area contributed by atoms with Crippen molar-refractivity contribution in [1.82, 2.24) is 0 Å². The number of allylic oxidation sites excluding steroid dienone is 5. The van der Waals surface area contributed by atoms with E-state index in [4.69, 9.17) is 23.2 Å². The van der Waals surface area contributed by atoms with E-state index >= 15 is 0 Å². The van der Waals surface area contributed by atoms with Gasteiger partial charge in [-0.05, 0) is 10.9 Å². The smallest absolute Gasteiger partial charge is 0.207 e. The molecule has 0 unspecified atom stereocenters. The van der Waals surface area contributed by atoms with Crippen LogP contribution in [-0.4, -0.2) is 5.78 Å². The number of carbonyl (C=O) groups excluding carboxylic acids is 1. The molecule has 20 heavy (non-hydrogen) atoms. The number of ketones is 1. The Labute approximate surface area is 125 Å². The zero-order valence-corrected chi connectivity index (χ0v) is 11.8. The maximum Gasteiger partial charge on any atom is 0.207 e. The van der Waals surface area contributed by atoms with Gasteiger partial charge in [0, 0.05) is 16.5 Å². The first-order valence-corrected chi connectivity index (χ1v) is 6.99. The molecule has 0 N–H and O–H groups in total. The number of rotatable bonds is 0. The lowest BCUT2D eigenvalue weighted by Gasteiger charge is -2.12. The van der Waals surface area contributed by atoms with Crippen molar-refractivity contribution in [1.29, 1.82) is 0 Å². The normalized spacial score (nSPS) is 16.0. The van der Waals surface area contributed by atoms with E-state index in [9.17, 15) is 4.79 Å². The minimum absolute atomic E-state index is 0.186. The summed E-state index contributed by atoms with van der Waals surface area (Å²) in [6, 6.07) is 7.83. The van der Waals surface area contributed by atoms with Crippen LogP contribution in [-0.2, 0) is 0 Å². The maximum atomic E-state index is 12.4. The van der Waals surface area contributed by atoms with Gasteiger partial charge in [0.15, 0.2) is 0 Å². The van der Waals surface area contributed by atoms with Gasteiger partial charge in [-0.3, -0.25) is 4.79 Å². The number of Topliss-reactive ketones (excluding diaryl/α,β-unsaturated/α-hetero) is 1. The molecule has 4 rings (SSSR count). The van der Waals surface area contributed by atoms with Gasteiger partial charge in [0.25, 0.3) is 0 Å². The number of halogens is 2. The first kappa shape index (κ1) is 12.0. The molecule has 1 nitrogen and oxygen atoms in total. The molecule has 0 radical (unpaired) electrons. The summed E-state index contributed by atoms with van der Waals surface area (Å²) in [5.74, 6) is -0.186. The summed E-state index contributed by atoms with van der Waals surface area (Å²) in [6.07, 6.45) is 7.71. The van der Waals surface area contributed by atoms with Crippen LogP contribution in [0.3, 0.4) is 0 Å². The van der Waals surface area contributed by atoms with Crippen LogP contribution in [0.15, 0.2) is 47.5 Å². The molecule has 0 saturated heterocycles. The monoisotopic (exact) mass is 298 g/mol. The van der Waals surface area contributed by atoms with Crippen LogP contribution in [0.5, 0.6) is 0 Å². The zero-order chi connectivity index (χ0) is 13.9. The summed E-state index contributed by atoms with van der Waals surface area (Å²) in [5.41, 5.74) is 3.15. The predicted molar refractivity (Wildman–Crippen MR) is 84.2 cm³/mol. The molecule has 96 valence electrons. The van der Waals surface area contributed by atoms with Crippen molar-refractivity contribution in [2.75, 3.05) is 0 Å². The quantitative estimate of drug-likeness (QED) is 0.651. The SMILES string of the molecule is O=C1C(Cl)=C2C=CC=Cc3c2c1c(Cl)c1ccccc31. The average Bonchev–Trinajstić information content (AvgIpc) is 2.64. The summed E-state index contributed by atoms with van der Waals surface area (Å²) >= 11 is 12.7. The van der Waals surface area contributed by atoms with Crippen molar-refractivity contribution < 1.29 is 4.79 Å². The van der Waals surface area contributed by atoms with Gasteiger partial charge >= 0.3 is 0 Å². The molecule has 0 atom stereocenters. The molecule has 2 aromatic carbocycles. The van der Waals surface area contributed by atoms with Gasteiger partial charge in [0.05, 0.1) is 15.6 Å². The van der Waals surface area contributed by atoms with Gasteiger partial charge in [0.1, 0.15) is 0 Å². The van der Waals surface area contributed by atoms with Crippen molar-refractivity contribution in [2.45, 2.75) is 0 Å². The molecule has 2 aliphatic rings. The van der Waals surface area contributed by atoms with Crippen molar-refractivity contribution >= 4 is 51.4 Å². The van der Waals surface area contributed by atoms with Gasteiger partial charge in [-0.15, -0.1) is 0 Å². The Kier molecular flexibility index (Phi) is 2.44. The molecule has 0 fully saturated rings. The molecule has 2 aliphatic carbocycles. The van der Waals surface area contributed by atoms with E-state index in [1.807, 2.05) is 48.6 Å². The van der Waals surface area contributed by atoms with Crippen molar-refractivity contribution in [2.24, 2.45) is 0 Å². The first-order valence-electron chi connectivity index (χ1n) is 6.24. The van der Waals surface area contributed by atoms with E-state index < -0.39 is 0 Å². The van der Waals surface area contributed by atoms with Crippen LogP contribution >= 0.6 is 23.2 Å². The molecular weight excluding hydrogens is 291 g/mol. The third kappa shape index (κ3) is 1.37. The molecule has 0 saturated carbocycles. The summed E-state index contributed by atoms with van der Waals surface area (Å²) in [7, 11) is 0. The topological polar surface area (TPSA) is 17.1 Å². The van der Waals surface area contributed by atoms with Gasteiger partial charge in [-0.1, -0.05) is 71.8 Å². The Balaban J connectivity index is 2.30. The Bertz CT molecular complexity index is 885. The van der Waals surface area contributed by atoms with Crippen LogP contribution in [0, 0.1) is 0 Å². The molecule has 0 bridgehead atoms. The maximum absolute atomic E-state index is 12.4. The fourth-order valence-corrected chi connectivity index (χ4v) is 3.49. The number of carbonyl (C=O) groups is 1. The highest BCUT2D eigenvalue weighted by Crippen LogP contribution is 2.46. The van der Waals surface area contributed by atoms with Crippen molar-refractivity contribution in [3.8, 4) is 0 Å². The Hall–Kier alpha value is -1.83. The summed E-state index contributed by atoms with van der Waals surface area (Å²) < 4.78 is 0. The van der Waals surface area contributed by atoms with E-state index in [2.05, 4.69) is 0 Å². The first-order chi connectivity index (χ1) is 9.70. The van der Waals surface area contributed by atoms with Gasteiger partial charge in [-0.25, -0.2) is 0 Å². The number of benzene rings is 2. The highest BCUT2D eigenvalue weighted by atomic mass is 35.5.